The molecule has 56 heavy (non-hydrogen) atoms. The van der Waals surface area contributed by atoms with Gasteiger partial charge in [0.25, 0.3) is 0 Å². The van der Waals surface area contributed by atoms with Crippen LogP contribution in [0.5, 0.6) is 11.5 Å². The predicted molar refractivity (Wildman–Crippen MR) is 223 cm³/mol. The second-order valence-electron chi connectivity index (χ2n) is 16.8. The van der Waals surface area contributed by atoms with E-state index in [-0.39, 0.29) is 78.4 Å². The normalized spacial score (nSPS) is 27.8. The molecule has 0 spiro atoms. The summed E-state index contributed by atoms with van der Waals surface area (Å²) >= 11 is 0. The number of aliphatic imine (C=N–C) groups is 1. The van der Waals surface area contributed by atoms with E-state index in [1.54, 1.807) is 6.08 Å². The van der Waals surface area contributed by atoms with Crippen molar-refractivity contribution >= 4 is 11.7 Å². The van der Waals surface area contributed by atoms with Crippen molar-refractivity contribution in [2.45, 2.75) is 134 Å². The summed E-state index contributed by atoms with van der Waals surface area (Å²) in [6.45, 7) is 4.21. The maximum absolute atomic E-state index is 13.5. The second kappa shape index (κ2) is 19.8. The van der Waals surface area contributed by atoms with E-state index < -0.39 is 0 Å². The number of ether oxygens (including phenoxy) is 2. The van der Waals surface area contributed by atoms with Gasteiger partial charge in [0.05, 0.1) is 30.8 Å². The third-order valence-electron chi connectivity index (χ3n) is 12.7. The van der Waals surface area contributed by atoms with Crippen LogP contribution in [0.25, 0.3) is 0 Å². The lowest BCUT2D eigenvalue weighted by molar-refractivity contribution is -0.114. The molecule has 300 valence electrons. The summed E-state index contributed by atoms with van der Waals surface area (Å²) < 4.78 is 13.0. The number of rotatable bonds is 13. The number of phenolic OH excluding ortho intramolecular Hbond substituents is 1. The van der Waals surface area contributed by atoms with Gasteiger partial charge < -0.3 is 31.2 Å². The molecule has 8 atom stereocenters. The molecule has 2 aromatic carbocycles. The number of ketones is 1. The van der Waals surface area contributed by atoms with Crippen LogP contribution in [-0.2, 0) is 22.4 Å². The van der Waals surface area contributed by atoms with Crippen molar-refractivity contribution in [3.05, 3.63) is 70.3 Å². The molecule has 0 unspecified atom stereocenters. The molecule has 8 heteroatoms. The topological polar surface area (TPSA) is 140 Å². The summed E-state index contributed by atoms with van der Waals surface area (Å²) in [5.41, 5.74) is 16.8. The van der Waals surface area contributed by atoms with Crippen molar-refractivity contribution in [2.24, 2.45) is 46.0 Å². The number of phenols is 1. The average Bonchev–Trinajstić information content (AvgIpc) is 3.70. The first kappa shape index (κ1) is 41.4. The van der Waals surface area contributed by atoms with Crippen LogP contribution in [0.2, 0.25) is 0 Å². The summed E-state index contributed by atoms with van der Waals surface area (Å²) in [5.74, 6) is 15.5. The summed E-state index contributed by atoms with van der Waals surface area (Å²) in [5, 5.41) is 22.6. The molecule has 4 bridgehead atoms. The predicted octanol–water partition coefficient (Wildman–Crippen LogP) is 7.75. The van der Waals surface area contributed by atoms with Crippen molar-refractivity contribution in [1.29, 1.82) is 0 Å². The zero-order valence-electron chi connectivity index (χ0n) is 33.8. The number of benzene rings is 2. The van der Waals surface area contributed by atoms with Crippen molar-refractivity contribution in [3.63, 3.8) is 0 Å². The highest BCUT2D eigenvalue weighted by atomic mass is 16.5. The molecule has 8 nitrogen and oxygen atoms in total. The molecule has 0 radical (unpaired) electrons. The number of aryl methyl sites for hydroxylation is 1. The Hall–Kier alpha value is -4.24. The first-order valence-electron chi connectivity index (χ1n) is 21.2. The highest BCUT2D eigenvalue weighted by Gasteiger charge is 2.45. The van der Waals surface area contributed by atoms with Gasteiger partial charge in [-0.25, -0.2) is 4.99 Å². The number of nitrogens with zero attached hydrogens (tertiary/aromatic N) is 1. The van der Waals surface area contributed by atoms with Gasteiger partial charge in [0, 0.05) is 37.0 Å². The Morgan fingerprint density at radius 3 is 2.54 bits per heavy atom. The van der Waals surface area contributed by atoms with Gasteiger partial charge in [-0.3, -0.25) is 4.79 Å². The number of fused-ring (bicyclic) bond motifs is 6. The Kier molecular flexibility index (Phi) is 14.6. The average molecular weight is 762 g/mol. The lowest BCUT2D eigenvalue weighted by atomic mass is 9.62. The SMILES string of the molecule is CCC/C(=C/C(=O)CCc1cc(OC2CCCC2)c(O)c2c1C#C[C@H]1[C@@H](Cc3ccccc3)C#CC[C@@H](C)C[C@@H]3CC[C@H](OC)[C@H](CC[C@H]1N=C(N)N)[C@@H]23)CO. The van der Waals surface area contributed by atoms with Crippen LogP contribution in [0.4, 0.5) is 0 Å². The van der Waals surface area contributed by atoms with E-state index in [1.807, 2.05) is 26.2 Å². The number of nitrogens with two attached hydrogens (primary N) is 2. The summed E-state index contributed by atoms with van der Waals surface area (Å²) in [4.78, 5) is 18.4. The van der Waals surface area contributed by atoms with E-state index in [0.717, 1.165) is 86.5 Å². The minimum absolute atomic E-state index is 0.0301. The Bertz CT molecular complexity index is 1840. The van der Waals surface area contributed by atoms with Crippen molar-refractivity contribution in [2.75, 3.05) is 13.7 Å². The minimum atomic E-state index is -0.319. The molecule has 0 saturated heterocycles. The maximum Gasteiger partial charge on any atom is 0.186 e. The third-order valence-corrected chi connectivity index (χ3v) is 12.7. The number of carbonyl (C=O) groups excluding carboxylic acids is 1. The molecule has 0 amide bonds. The van der Waals surface area contributed by atoms with Gasteiger partial charge in [-0.05, 0) is 130 Å². The number of hydrogen-bond donors (Lipinski definition) is 4. The van der Waals surface area contributed by atoms with Crippen LogP contribution in [0.3, 0.4) is 0 Å². The number of methoxy groups -OCH3 is 1. The zero-order valence-corrected chi connectivity index (χ0v) is 33.8. The number of aliphatic hydroxyl groups is 1. The Morgan fingerprint density at radius 1 is 1.04 bits per heavy atom. The lowest BCUT2D eigenvalue weighted by Gasteiger charge is -2.45. The van der Waals surface area contributed by atoms with Crippen LogP contribution in [0.1, 0.15) is 125 Å². The molecule has 0 heterocycles. The summed E-state index contributed by atoms with van der Waals surface area (Å²) in [6.07, 6.45) is 13.7. The van der Waals surface area contributed by atoms with E-state index in [1.165, 1.54) is 5.56 Å². The molecule has 5 aliphatic carbocycles. The lowest BCUT2D eigenvalue weighted by Crippen LogP contribution is -2.40. The van der Waals surface area contributed by atoms with E-state index in [4.69, 9.17) is 25.9 Å². The Morgan fingerprint density at radius 2 is 1.82 bits per heavy atom. The van der Waals surface area contributed by atoms with Crippen LogP contribution in [0.15, 0.2) is 53.0 Å². The number of carbonyl (C=O) groups is 1. The fraction of sp³-hybridized carbons (Fsp3) is 0.583. The molecule has 0 aromatic heterocycles. The number of hydrogen-bond acceptors (Lipinski definition) is 6. The van der Waals surface area contributed by atoms with E-state index in [9.17, 15) is 15.0 Å². The molecule has 2 fully saturated rings. The van der Waals surface area contributed by atoms with Gasteiger partial charge in [-0.1, -0.05) is 68.4 Å². The first-order valence-corrected chi connectivity index (χ1v) is 21.2. The first-order chi connectivity index (χ1) is 27.2. The molecule has 6 N–H and O–H groups in total. The number of aromatic hydroxyl groups is 1. The summed E-state index contributed by atoms with van der Waals surface area (Å²) in [6, 6.07) is 12.1. The van der Waals surface area contributed by atoms with Gasteiger partial charge in [-0.2, -0.15) is 0 Å². The second-order valence-corrected chi connectivity index (χ2v) is 16.8. The quantitative estimate of drug-likeness (QED) is 0.0708. The third kappa shape index (κ3) is 10.2. The molecule has 0 aliphatic heterocycles. The van der Waals surface area contributed by atoms with Crippen LogP contribution >= 0.6 is 0 Å². The largest absolute Gasteiger partial charge is 0.504 e. The fourth-order valence-corrected chi connectivity index (χ4v) is 10.1. The standard InChI is InChI=1S/C48H63N3O5/c1-4-11-33(30-52)28-37(53)20-18-35-29-44(56-38-16-8-9-17-38)47(54)46-40(35)22-21-39-34(27-32-13-6-5-7-14-32)15-10-12-31(2)26-36-19-25-43(55-3)41(45(36)46)23-24-42(39)51-48(49)50/h5-7,13-14,28-29,31,34,36,38-39,41-43,45,52,54H,4,8-9,11-12,16-20,23-27,30H2,1-3H3,(H4,49,50,51)/b33-28-/t31-,34-,36+,39+,41+,42-,43+,45+/m1/s1. The minimum Gasteiger partial charge on any atom is -0.504 e. The molecule has 5 aliphatic rings. The van der Waals surface area contributed by atoms with Crippen LogP contribution in [0, 0.1) is 53.3 Å². The Labute approximate surface area is 334 Å². The molecular weight excluding hydrogens is 699 g/mol. The Balaban J connectivity index is 1.60. The van der Waals surface area contributed by atoms with E-state index in [2.05, 4.69) is 54.9 Å². The van der Waals surface area contributed by atoms with Gasteiger partial charge in [0.15, 0.2) is 23.2 Å². The summed E-state index contributed by atoms with van der Waals surface area (Å²) in [7, 11) is 1.81. The fourth-order valence-electron chi connectivity index (χ4n) is 10.1. The smallest absolute Gasteiger partial charge is 0.186 e. The highest BCUT2D eigenvalue weighted by Crippen LogP contribution is 2.54. The van der Waals surface area contributed by atoms with E-state index in [0.29, 0.717) is 37.4 Å². The van der Waals surface area contributed by atoms with Crippen molar-refractivity contribution < 1.29 is 24.5 Å². The van der Waals surface area contributed by atoms with Crippen molar-refractivity contribution in [3.8, 4) is 35.2 Å². The highest BCUT2D eigenvalue weighted by molar-refractivity contribution is 5.90. The van der Waals surface area contributed by atoms with Crippen molar-refractivity contribution in [1.82, 2.24) is 0 Å². The van der Waals surface area contributed by atoms with Crippen LogP contribution in [-0.4, -0.2) is 53.9 Å². The number of guanidine groups is 1. The zero-order chi connectivity index (χ0) is 39.6. The van der Waals surface area contributed by atoms with Gasteiger partial charge in [0.2, 0.25) is 0 Å². The van der Waals surface area contributed by atoms with Crippen LogP contribution < -0.4 is 16.2 Å². The van der Waals surface area contributed by atoms with E-state index >= 15 is 0 Å². The maximum atomic E-state index is 13.5. The molecule has 7 rings (SSSR count). The number of aliphatic hydroxyl groups excluding tert-OH is 1. The van der Waals surface area contributed by atoms with Gasteiger partial charge in [-0.15, -0.1) is 5.92 Å². The van der Waals surface area contributed by atoms with Gasteiger partial charge >= 0.3 is 0 Å². The molecule has 2 saturated carbocycles. The molecule has 2 aromatic rings. The molecular formula is C48H63N3O5. The number of allylic oxidation sites excluding steroid dienone is 1. The van der Waals surface area contributed by atoms with Gasteiger partial charge in [0.1, 0.15) is 0 Å². The monoisotopic (exact) mass is 761 g/mol.